The average Bonchev–Trinajstić information content (AvgIpc) is 2.36. The quantitative estimate of drug-likeness (QED) is 0.860. The van der Waals surface area contributed by atoms with Crippen molar-refractivity contribution < 1.29 is 19.4 Å². The molecule has 1 N–H and O–H groups in total. The highest BCUT2D eigenvalue weighted by Crippen LogP contribution is 2.18. The molecule has 0 aromatic heterocycles. The number of amides is 1. The van der Waals surface area contributed by atoms with Crippen molar-refractivity contribution in [3.63, 3.8) is 0 Å². The molecule has 1 fully saturated rings. The Bertz CT molecular complexity index is 378. The van der Waals surface area contributed by atoms with Crippen molar-refractivity contribution in [1.82, 2.24) is 9.80 Å². The SMILES string of the molecule is CC(CN1CCCC(N(C)C(=O)OC(C)(C)C)C1)C(=O)O. The van der Waals surface area contributed by atoms with E-state index in [1.807, 2.05) is 20.8 Å². The monoisotopic (exact) mass is 300 g/mol. The molecule has 1 aliphatic rings. The first-order valence-electron chi connectivity index (χ1n) is 7.51. The molecule has 0 saturated carbocycles. The highest BCUT2D eigenvalue weighted by molar-refractivity contribution is 5.69. The van der Waals surface area contributed by atoms with Gasteiger partial charge in [0.05, 0.1) is 5.92 Å². The van der Waals surface area contributed by atoms with E-state index in [4.69, 9.17) is 9.84 Å². The molecule has 2 atom stereocenters. The van der Waals surface area contributed by atoms with Crippen LogP contribution in [-0.2, 0) is 9.53 Å². The molecule has 0 bridgehead atoms. The first-order chi connectivity index (χ1) is 9.60. The Kier molecular flexibility index (Phi) is 6.01. The van der Waals surface area contributed by atoms with Gasteiger partial charge in [-0.3, -0.25) is 4.79 Å². The maximum absolute atomic E-state index is 12.1. The van der Waals surface area contributed by atoms with Crippen LogP contribution < -0.4 is 0 Å². The minimum Gasteiger partial charge on any atom is -0.481 e. The topological polar surface area (TPSA) is 70.1 Å². The fourth-order valence-corrected chi connectivity index (χ4v) is 2.46. The number of nitrogens with zero attached hydrogens (tertiary/aromatic N) is 2. The molecular weight excluding hydrogens is 272 g/mol. The molecule has 122 valence electrons. The van der Waals surface area contributed by atoms with Crippen LogP contribution >= 0.6 is 0 Å². The number of hydrogen-bond donors (Lipinski definition) is 1. The number of carbonyl (C=O) groups is 2. The lowest BCUT2D eigenvalue weighted by atomic mass is 10.0. The molecule has 0 aromatic rings. The molecule has 1 heterocycles. The highest BCUT2D eigenvalue weighted by Gasteiger charge is 2.30. The van der Waals surface area contributed by atoms with Crippen LogP contribution in [0.5, 0.6) is 0 Å². The van der Waals surface area contributed by atoms with Crippen molar-refractivity contribution in [2.24, 2.45) is 5.92 Å². The summed E-state index contributed by atoms with van der Waals surface area (Å²) in [6.07, 6.45) is 1.57. The smallest absolute Gasteiger partial charge is 0.410 e. The third-order valence-electron chi connectivity index (χ3n) is 3.66. The predicted molar refractivity (Wildman–Crippen MR) is 80.3 cm³/mol. The van der Waals surface area contributed by atoms with Crippen molar-refractivity contribution >= 4 is 12.1 Å². The number of rotatable bonds is 4. The third kappa shape index (κ3) is 5.91. The molecule has 0 radical (unpaired) electrons. The summed E-state index contributed by atoms with van der Waals surface area (Å²) in [5, 5.41) is 8.99. The number of carbonyl (C=O) groups excluding carboxylic acids is 1. The number of likely N-dealkylation sites (N-methyl/N-ethyl adjacent to an activating group) is 1. The van der Waals surface area contributed by atoms with Gasteiger partial charge in [-0.2, -0.15) is 0 Å². The van der Waals surface area contributed by atoms with Gasteiger partial charge in [0.25, 0.3) is 0 Å². The summed E-state index contributed by atoms with van der Waals surface area (Å²) >= 11 is 0. The van der Waals surface area contributed by atoms with Crippen LogP contribution in [-0.4, -0.2) is 65.3 Å². The molecule has 1 aliphatic heterocycles. The first-order valence-corrected chi connectivity index (χ1v) is 7.51. The maximum Gasteiger partial charge on any atom is 0.410 e. The van der Waals surface area contributed by atoms with Crippen LogP contribution in [0.3, 0.4) is 0 Å². The van der Waals surface area contributed by atoms with E-state index in [-0.39, 0.29) is 12.1 Å². The fourth-order valence-electron chi connectivity index (χ4n) is 2.46. The van der Waals surface area contributed by atoms with E-state index in [9.17, 15) is 9.59 Å². The molecule has 1 rings (SSSR count). The summed E-state index contributed by atoms with van der Waals surface area (Å²) < 4.78 is 5.38. The summed E-state index contributed by atoms with van der Waals surface area (Å²) in [6, 6.07) is 0.0783. The lowest BCUT2D eigenvalue weighted by Gasteiger charge is -2.38. The fraction of sp³-hybridized carbons (Fsp3) is 0.867. The molecule has 0 aromatic carbocycles. The lowest BCUT2D eigenvalue weighted by Crippen LogP contribution is -2.50. The number of hydrogen-bond acceptors (Lipinski definition) is 4. The Morgan fingerprint density at radius 3 is 2.57 bits per heavy atom. The van der Waals surface area contributed by atoms with Gasteiger partial charge in [0.15, 0.2) is 0 Å². The van der Waals surface area contributed by atoms with Gasteiger partial charge in [-0.25, -0.2) is 4.79 Å². The number of likely N-dealkylation sites (tertiary alicyclic amines) is 1. The van der Waals surface area contributed by atoms with Crippen LogP contribution in [0.25, 0.3) is 0 Å². The predicted octanol–water partition coefficient (Wildman–Crippen LogP) is 2.04. The second kappa shape index (κ2) is 7.11. The Morgan fingerprint density at radius 1 is 1.43 bits per heavy atom. The molecule has 6 heteroatoms. The van der Waals surface area contributed by atoms with Gasteiger partial charge in [0.2, 0.25) is 0 Å². The lowest BCUT2D eigenvalue weighted by molar-refractivity contribution is -0.141. The van der Waals surface area contributed by atoms with E-state index in [1.165, 1.54) is 0 Å². The molecule has 1 amide bonds. The summed E-state index contributed by atoms with van der Waals surface area (Å²) in [6.45, 7) is 9.36. The van der Waals surface area contributed by atoms with Gasteiger partial charge in [0.1, 0.15) is 5.60 Å². The van der Waals surface area contributed by atoms with E-state index in [0.29, 0.717) is 13.1 Å². The normalized spacial score (nSPS) is 21.7. The number of carboxylic acids is 1. The van der Waals surface area contributed by atoms with Crippen molar-refractivity contribution in [3.8, 4) is 0 Å². The molecule has 1 saturated heterocycles. The zero-order valence-electron chi connectivity index (χ0n) is 13.8. The number of carboxylic acid groups (broad SMARTS) is 1. The Hall–Kier alpha value is -1.30. The first kappa shape index (κ1) is 17.8. The number of piperidine rings is 1. The minimum atomic E-state index is -0.780. The van der Waals surface area contributed by atoms with Gasteiger partial charge in [-0.15, -0.1) is 0 Å². The van der Waals surface area contributed by atoms with Crippen LogP contribution in [0, 0.1) is 5.92 Å². The van der Waals surface area contributed by atoms with Gasteiger partial charge in [-0.05, 0) is 40.2 Å². The third-order valence-corrected chi connectivity index (χ3v) is 3.66. The summed E-state index contributed by atoms with van der Waals surface area (Å²) in [4.78, 5) is 26.8. The van der Waals surface area contributed by atoms with Crippen LogP contribution in [0.2, 0.25) is 0 Å². The molecule has 6 nitrogen and oxygen atoms in total. The van der Waals surface area contributed by atoms with E-state index in [2.05, 4.69) is 4.90 Å². The standard InChI is InChI=1S/C15H28N2O4/c1-11(13(18)19)9-17-8-6-7-12(10-17)16(5)14(20)21-15(2,3)4/h11-12H,6-10H2,1-5H3,(H,18,19). The number of ether oxygens (including phenoxy) is 1. The van der Waals surface area contributed by atoms with Crippen LogP contribution in [0.15, 0.2) is 0 Å². The molecule has 21 heavy (non-hydrogen) atoms. The van der Waals surface area contributed by atoms with Gasteiger partial charge >= 0.3 is 12.1 Å². The zero-order valence-corrected chi connectivity index (χ0v) is 13.8. The van der Waals surface area contributed by atoms with E-state index >= 15 is 0 Å². The van der Waals surface area contributed by atoms with E-state index in [1.54, 1.807) is 18.9 Å². The maximum atomic E-state index is 12.1. The van der Waals surface area contributed by atoms with Crippen LogP contribution in [0.4, 0.5) is 4.79 Å². The second-order valence-corrected chi connectivity index (χ2v) is 6.89. The molecule has 0 aliphatic carbocycles. The number of aliphatic carboxylic acids is 1. The summed E-state index contributed by atoms with van der Waals surface area (Å²) in [5.41, 5.74) is -0.502. The molecule has 2 unspecified atom stereocenters. The summed E-state index contributed by atoms with van der Waals surface area (Å²) in [7, 11) is 1.75. The van der Waals surface area contributed by atoms with Crippen LogP contribution in [0.1, 0.15) is 40.5 Å². The van der Waals surface area contributed by atoms with E-state index < -0.39 is 17.5 Å². The van der Waals surface area contributed by atoms with Crippen molar-refractivity contribution in [2.45, 2.75) is 52.2 Å². The Labute approximate surface area is 127 Å². The Balaban J connectivity index is 2.55. The van der Waals surface area contributed by atoms with Gasteiger partial charge < -0.3 is 19.6 Å². The average molecular weight is 300 g/mol. The minimum absolute atomic E-state index is 0.0783. The van der Waals surface area contributed by atoms with Gasteiger partial charge in [-0.1, -0.05) is 6.92 Å². The largest absolute Gasteiger partial charge is 0.481 e. The van der Waals surface area contributed by atoms with Gasteiger partial charge in [0, 0.05) is 26.2 Å². The highest BCUT2D eigenvalue weighted by atomic mass is 16.6. The van der Waals surface area contributed by atoms with Crippen molar-refractivity contribution in [3.05, 3.63) is 0 Å². The molecular formula is C15H28N2O4. The van der Waals surface area contributed by atoms with Crippen molar-refractivity contribution in [2.75, 3.05) is 26.7 Å². The van der Waals surface area contributed by atoms with Crippen molar-refractivity contribution in [1.29, 1.82) is 0 Å². The zero-order chi connectivity index (χ0) is 16.2. The van der Waals surface area contributed by atoms with E-state index in [0.717, 1.165) is 19.4 Å². The molecule has 0 spiro atoms. The Morgan fingerprint density at radius 2 is 2.05 bits per heavy atom. The summed E-state index contributed by atoms with van der Waals surface area (Å²) in [5.74, 6) is -1.17. The second-order valence-electron chi connectivity index (χ2n) is 6.89.